The summed E-state index contributed by atoms with van der Waals surface area (Å²) in [7, 11) is 0. The molecule has 4 rings (SSSR count). The molecule has 1 aromatic heterocycles. The minimum Gasteiger partial charge on any atom is -0.488 e. The predicted octanol–water partition coefficient (Wildman–Crippen LogP) is 1.98. The van der Waals surface area contributed by atoms with Crippen LogP contribution in [0.3, 0.4) is 0 Å². The van der Waals surface area contributed by atoms with Gasteiger partial charge in [0.15, 0.2) is 0 Å². The summed E-state index contributed by atoms with van der Waals surface area (Å²) in [6.07, 6.45) is 0.925. The molecular formula is C17H17N3O2. The van der Waals surface area contributed by atoms with Gasteiger partial charge in [0.05, 0.1) is 11.0 Å². The normalized spacial score (nSPS) is 16.7. The van der Waals surface area contributed by atoms with E-state index in [0.29, 0.717) is 12.4 Å². The summed E-state index contributed by atoms with van der Waals surface area (Å²) in [5, 5.41) is 9.18. The highest BCUT2D eigenvalue weighted by molar-refractivity contribution is 5.84. The second-order valence-corrected chi connectivity index (χ2v) is 5.55. The van der Waals surface area contributed by atoms with E-state index in [-0.39, 0.29) is 12.7 Å². The van der Waals surface area contributed by atoms with Crippen LogP contribution in [0.25, 0.3) is 22.2 Å². The van der Waals surface area contributed by atoms with E-state index in [1.807, 2.05) is 24.3 Å². The number of benzene rings is 2. The molecule has 0 saturated heterocycles. The molecule has 5 heteroatoms. The smallest absolute Gasteiger partial charge is 0.133 e. The van der Waals surface area contributed by atoms with E-state index in [0.717, 1.165) is 34.3 Å². The average molecular weight is 295 g/mol. The number of ether oxygens (including phenoxy) is 1. The highest BCUT2D eigenvalue weighted by Crippen LogP contribution is 2.39. The van der Waals surface area contributed by atoms with Gasteiger partial charge in [-0.25, -0.2) is 4.98 Å². The van der Waals surface area contributed by atoms with Crippen molar-refractivity contribution in [2.75, 3.05) is 6.54 Å². The molecule has 0 fully saturated rings. The Morgan fingerprint density at radius 3 is 3.05 bits per heavy atom. The van der Waals surface area contributed by atoms with Crippen molar-refractivity contribution in [1.29, 1.82) is 0 Å². The molecule has 2 aromatic carbocycles. The van der Waals surface area contributed by atoms with Crippen LogP contribution in [-0.4, -0.2) is 27.7 Å². The van der Waals surface area contributed by atoms with Crippen LogP contribution < -0.4 is 10.5 Å². The van der Waals surface area contributed by atoms with Crippen LogP contribution in [-0.2, 0) is 13.0 Å². The van der Waals surface area contributed by atoms with Crippen molar-refractivity contribution in [1.82, 2.24) is 9.97 Å². The Balaban J connectivity index is 1.81. The Morgan fingerprint density at radius 2 is 2.23 bits per heavy atom. The molecule has 1 aliphatic rings. The number of fused-ring (bicyclic) bond motifs is 2. The van der Waals surface area contributed by atoms with Crippen molar-refractivity contribution in [3.05, 3.63) is 47.8 Å². The molecule has 0 amide bonds. The number of rotatable bonds is 3. The second-order valence-electron chi connectivity index (χ2n) is 5.55. The summed E-state index contributed by atoms with van der Waals surface area (Å²) in [5.41, 5.74) is 10.8. The lowest BCUT2D eigenvalue weighted by Crippen LogP contribution is -2.24. The van der Waals surface area contributed by atoms with Crippen molar-refractivity contribution in [2.24, 2.45) is 5.73 Å². The molecule has 22 heavy (non-hydrogen) atoms. The quantitative estimate of drug-likeness (QED) is 0.690. The van der Waals surface area contributed by atoms with Crippen molar-refractivity contribution < 1.29 is 9.84 Å². The predicted molar refractivity (Wildman–Crippen MR) is 84.6 cm³/mol. The third-order valence-corrected chi connectivity index (χ3v) is 4.08. The van der Waals surface area contributed by atoms with E-state index in [2.05, 4.69) is 22.1 Å². The number of H-pyrrole nitrogens is 1. The number of aliphatic hydroxyl groups excluding tert-OH is 1. The van der Waals surface area contributed by atoms with Crippen LogP contribution in [0, 0.1) is 0 Å². The highest BCUT2D eigenvalue weighted by atomic mass is 16.5. The van der Waals surface area contributed by atoms with E-state index in [1.54, 1.807) is 0 Å². The summed E-state index contributed by atoms with van der Waals surface area (Å²) >= 11 is 0. The molecule has 5 nitrogen and oxygen atoms in total. The van der Waals surface area contributed by atoms with Gasteiger partial charge in [0, 0.05) is 18.5 Å². The van der Waals surface area contributed by atoms with Crippen molar-refractivity contribution >= 4 is 11.0 Å². The zero-order chi connectivity index (χ0) is 15.1. The number of hydrogen-bond acceptors (Lipinski definition) is 4. The molecule has 1 aliphatic heterocycles. The number of nitrogens with zero attached hydrogens (tertiary/aromatic N) is 1. The van der Waals surface area contributed by atoms with E-state index in [1.165, 1.54) is 5.56 Å². The standard InChI is InChI=1S/C17H17N3O2/c18-8-12-6-11-2-1-3-13(17(11)22-12)10-4-5-14-15(7-10)20-16(9-21)19-14/h1-5,7,12,21H,6,8-9,18H2,(H,19,20). The third-order valence-electron chi connectivity index (χ3n) is 4.08. The molecule has 0 saturated carbocycles. The maximum atomic E-state index is 9.18. The van der Waals surface area contributed by atoms with Crippen LogP contribution in [0.5, 0.6) is 5.75 Å². The summed E-state index contributed by atoms with van der Waals surface area (Å²) in [6, 6.07) is 12.2. The third kappa shape index (κ3) is 2.06. The zero-order valence-electron chi connectivity index (χ0n) is 12.0. The minimum absolute atomic E-state index is 0.0630. The second kappa shape index (κ2) is 5.12. The van der Waals surface area contributed by atoms with Gasteiger partial charge in [0.1, 0.15) is 24.3 Å². The first-order valence-corrected chi connectivity index (χ1v) is 7.37. The molecule has 1 unspecified atom stereocenters. The summed E-state index contributed by atoms with van der Waals surface area (Å²) in [5.74, 6) is 1.50. The maximum absolute atomic E-state index is 9.18. The van der Waals surface area contributed by atoms with Gasteiger partial charge in [0.25, 0.3) is 0 Å². The first kappa shape index (κ1) is 13.3. The van der Waals surface area contributed by atoms with Crippen LogP contribution in [0.15, 0.2) is 36.4 Å². The first-order valence-electron chi connectivity index (χ1n) is 7.37. The molecule has 0 bridgehead atoms. The maximum Gasteiger partial charge on any atom is 0.133 e. The van der Waals surface area contributed by atoms with Gasteiger partial charge in [-0.1, -0.05) is 24.3 Å². The number of imidazole rings is 1. The van der Waals surface area contributed by atoms with Gasteiger partial charge < -0.3 is 20.6 Å². The van der Waals surface area contributed by atoms with Crippen molar-refractivity contribution in [3.63, 3.8) is 0 Å². The number of para-hydroxylation sites is 1. The largest absolute Gasteiger partial charge is 0.488 e. The fourth-order valence-electron chi connectivity index (χ4n) is 3.00. The fraction of sp³-hybridized carbons (Fsp3) is 0.235. The molecule has 112 valence electrons. The topological polar surface area (TPSA) is 84.2 Å². The fourth-order valence-corrected chi connectivity index (χ4v) is 3.00. The SMILES string of the molecule is NCC1Cc2cccc(-c3ccc4nc(CO)[nH]c4c3)c2O1. The van der Waals surface area contributed by atoms with E-state index < -0.39 is 0 Å². The van der Waals surface area contributed by atoms with Crippen LogP contribution in [0.2, 0.25) is 0 Å². The molecule has 4 N–H and O–H groups in total. The van der Waals surface area contributed by atoms with E-state index in [9.17, 15) is 5.11 Å². The number of aromatic amines is 1. The van der Waals surface area contributed by atoms with Crippen LogP contribution in [0.1, 0.15) is 11.4 Å². The van der Waals surface area contributed by atoms with Gasteiger partial charge in [-0.3, -0.25) is 0 Å². The molecule has 1 atom stereocenters. The van der Waals surface area contributed by atoms with Crippen molar-refractivity contribution in [2.45, 2.75) is 19.1 Å². The number of nitrogens with one attached hydrogen (secondary N) is 1. The average Bonchev–Trinajstić information content (AvgIpc) is 3.16. The Morgan fingerprint density at radius 1 is 1.32 bits per heavy atom. The van der Waals surface area contributed by atoms with Gasteiger partial charge in [-0.15, -0.1) is 0 Å². The Hall–Kier alpha value is -2.37. The number of hydrogen-bond donors (Lipinski definition) is 3. The lowest BCUT2D eigenvalue weighted by Gasteiger charge is -2.11. The van der Waals surface area contributed by atoms with E-state index >= 15 is 0 Å². The van der Waals surface area contributed by atoms with Gasteiger partial charge >= 0.3 is 0 Å². The highest BCUT2D eigenvalue weighted by Gasteiger charge is 2.24. The zero-order valence-corrected chi connectivity index (χ0v) is 12.0. The molecule has 0 aliphatic carbocycles. The number of nitrogens with two attached hydrogens (primary N) is 1. The first-order chi connectivity index (χ1) is 10.8. The Kier molecular flexibility index (Phi) is 3.10. The lowest BCUT2D eigenvalue weighted by atomic mass is 10.0. The summed E-state index contributed by atoms with van der Waals surface area (Å²) in [4.78, 5) is 7.43. The monoisotopic (exact) mass is 295 g/mol. The van der Waals surface area contributed by atoms with Gasteiger partial charge in [-0.05, 0) is 23.3 Å². The lowest BCUT2D eigenvalue weighted by molar-refractivity contribution is 0.242. The van der Waals surface area contributed by atoms with Gasteiger partial charge in [-0.2, -0.15) is 0 Å². The number of aromatic nitrogens is 2. The summed E-state index contributed by atoms with van der Waals surface area (Å²) < 4.78 is 5.99. The molecule has 3 aromatic rings. The molecule has 0 radical (unpaired) electrons. The van der Waals surface area contributed by atoms with Crippen LogP contribution in [0.4, 0.5) is 0 Å². The Bertz CT molecular complexity index is 841. The van der Waals surface area contributed by atoms with Crippen molar-refractivity contribution in [3.8, 4) is 16.9 Å². The molecule has 2 heterocycles. The number of aliphatic hydroxyl groups is 1. The molecular weight excluding hydrogens is 278 g/mol. The summed E-state index contributed by atoms with van der Waals surface area (Å²) in [6.45, 7) is 0.430. The van der Waals surface area contributed by atoms with Crippen LogP contribution >= 0.6 is 0 Å². The molecule has 0 spiro atoms. The van der Waals surface area contributed by atoms with Gasteiger partial charge in [0.2, 0.25) is 0 Å². The van der Waals surface area contributed by atoms with E-state index in [4.69, 9.17) is 10.5 Å². The minimum atomic E-state index is -0.0912. The Labute approximate surface area is 127 Å².